The maximum Gasteiger partial charge on any atom is 0.237 e. The van der Waals surface area contributed by atoms with Gasteiger partial charge in [0.25, 0.3) is 0 Å². The summed E-state index contributed by atoms with van der Waals surface area (Å²) in [5, 5.41) is 6.29. The van der Waals surface area contributed by atoms with Crippen LogP contribution in [0.5, 0.6) is 0 Å². The van der Waals surface area contributed by atoms with Crippen LogP contribution in [0.4, 0.5) is 0 Å². The van der Waals surface area contributed by atoms with Crippen LogP contribution in [0.1, 0.15) is 24.0 Å². The number of piperidine rings is 1. The molecule has 0 aromatic heterocycles. The van der Waals surface area contributed by atoms with E-state index >= 15 is 0 Å². The van der Waals surface area contributed by atoms with Gasteiger partial charge in [-0.05, 0) is 24.0 Å². The van der Waals surface area contributed by atoms with E-state index < -0.39 is 0 Å². The Kier molecular flexibility index (Phi) is 6.56. The predicted molar refractivity (Wildman–Crippen MR) is 97.5 cm³/mol. The lowest BCUT2D eigenvalue weighted by atomic mass is 10.0. The molecule has 0 saturated carbocycles. The van der Waals surface area contributed by atoms with Gasteiger partial charge in [-0.25, -0.2) is 0 Å². The summed E-state index contributed by atoms with van der Waals surface area (Å²) in [4.78, 5) is 17.8. The molecule has 2 aromatic carbocycles. The Labute approximate surface area is 148 Å². The summed E-state index contributed by atoms with van der Waals surface area (Å²) in [5.74, 6) is 0.0625. The number of hydrogen-bond acceptors (Lipinski definition) is 4. The highest BCUT2D eigenvalue weighted by atomic mass is 16.6. The molecule has 2 atom stereocenters. The van der Waals surface area contributed by atoms with Crippen molar-refractivity contribution in [3.05, 3.63) is 71.8 Å². The molecule has 1 aliphatic heterocycles. The number of carbonyl (C=O) groups excluding carboxylic acids is 1. The molecule has 132 valence electrons. The Morgan fingerprint density at radius 2 is 1.68 bits per heavy atom. The smallest absolute Gasteiger partial charge is 0.237 e. The minimum Gasteiger partial charge on any atom is -0.351 e. The second-order valence-corrected chi connectivity index (χ2v) is 6.33. The zero-order valence-corrected chi connectivity index (χ0v) is 14.3. The Hall–Kier alpha value is -2.21. The fourth-order valence-corrected chi connectivity index (χ4v) is 2.91. The lowest BCUT2D eigenvalue weighted by Gasteiger charge is -2.29. The molecular formula is C20H25N3O2. The minimum absolute atomic E-state index is 0.0625. The first kappa shape index (κ1) is 17.6. The summed E-state index contributed by atoms with van der Waals surface area (Å²) in [5.41, 5.74) is 5.34. The van der Waals surface area contributed by atoms with Crippen LogP contribution in [-0.4, -0.2) is 24.5 Å². The summed E-state index contributed by atoms with van der Waals surface area (Å²) in [6, 6.07) is 20.1. The van der Waals surface area contributed by atoms with Crippen LogP contribution in [0, 0.1) is 0 Å². The average Bonchev–Trinajstić information content (AvgIpc) is 2.68. The van der Waals surface area contributed by atoms with Crippen LogP contribution in [0.3, 0.4) is 0 Å². The molecule has 0 spiro atoms. The third kappa shape index (κ3) is 5.67. The highest BCUT2D eigenvalue weighted by Crippen LogP contribution is 2.09. The van der Waals surface area contributed by atoms with Gasteiger partial charge in [-0.2, -0.15) is 5.48 Å². The monoisotopic (exact) mass is 339 g/mol. The zero-order valence-electron chi connectivity index (χ0n) is 14.3. The van der Waals surface area contributed by atoms with Gasteiger partial charge >= 0.3 is 0 Å². The summed E-state index contributed by atoms with van der Waals surface area (Å²) in [6.07, 6.45) is 1.71. The predicted octanol–water partition coefficient (Wildman–Crippen LogP) is 2.14. The third-order valence-corrected chi connectivity index (χ3v) is 4.37. The van der Waals surface area contributed by atoms with E-state index in [1.165, 1.54) is 0 Å². The van der Waals surface area contributed by atoms with E-state index in [0.29, 0.717) is 13.2 Å². The zero-order chi connectivity index (χ0) is 17.3. The Morgan fingerprint density at radius 3 is 2.32 bits per heavy atom. The number of nitrogens with one attached hydrogen (secondary N) is 3. The standard InChI is InChI=1S/C20H25N3O2/c24-20(22-13-16-7-3-1-4-8-16)19-12-11-18(14-21-19)23-25-15-17-9-5-2-6-10-17/h1-10,18-19,21,23H,11-15H2,(H,22,24)/t18?,19-/m0/s1. The van der Waals surface area contributed by atoms with Gasteiger partial charge in [0.1, 0.15) is 0 Å². The first-order valence-corrected chi connectivity index (χ1v) is 8.77. The minimum atomic E-state index is -0.129. The Balaban J connectivity index is 1.33. The van der Waals surface area contributed by atoms with Crippen LogP contribution in [0.15, 0.2) is 60.7 Å². The lowest BCUT2D eigenvalue weighted by Crippen LogP contribution is -2.53. The highest BCUT2D eigenvalue weighted by Gasteiger charge is 2.25. The third-order valence-electron chi connectivity index (χ3n) is 4.37. The summed E-state index contributed by atoms with van der Waals surface area (Å²) < 4.78 is 0. The number of amides is 1. The second kappa shape index (κ2) is 9.32. The van der Waals surface area contributed by atoms with Crippen molar-refractivity contribution < 1.29 is 9.63 Å². The fraction of sp³-hybridized carbons (Fsp3) is 0.350. The van der Waals surface area contributed by atoms with E-state index in [4.69, 9.17) is 4.84 Å². The maximum absolute atomic E-state index is 12.3. The SMILES string of the molecule is O=C(NCc1ccccc1)[C@@H]1CCC(NOCc2ccccc2)CN1. The van der Waals surface area contributed by atoms with E-state index in [9.17, 15) is 4.79 Å². The second-order valence-electron chi connectivity index (χ2n) is 6.33. The topological polar surface area (TPSA) is 62.4 Å². The van der Waals surface area contributed by atoms with Crippen molar-refractivity contribution in [1.29, 1.82) is 0 Å². The van der Waals surface area contributed by atoms with E-state index in [1.807, 2.05) is 60.7 Å². The number of rotatable bonds is 7. The van der Waals surface area contributed by atoms with Crippen molar-refractivity contribution in [2.24, 2.45) is 0 Å². The molecule has 2 aromatic rings. The van der Waals surface area contributed by atoms with Gasteiger partial charge in [-0.1, -0.05) is 60.7 Å². The van der Waals surface area contributed by atoms with Crippen molar-refractivity contribution in [3.63, 3.8) is 0 Å². The molecule has 0 aliphatic carbocycles. The molecule has 0 radical (unpaired) electrons. The molecule has 1 aliphatic rings. The molecular weight excluding hydrogens is 314 g/mol. The van der Waals surface area contributed by atoms with Gasteiger partial charge in [0.15, 0.2) is 0 Å². The molecule has 1 saturated heterocycles. The molecule has 0 bridgehead atoms. The first-order chi connectivity index (χ1) is 12.3. The van der Waals surface area contributed by atoms with E-state index in [1.54, 1.807) is 0 Å². The molecule has 5 nitrogen and oxygen atoms in total. The quantitative estimate of drug-likeness (QED) is 0.677. The first-order valence-electron chi connectivity index (χ1n) is 8.77. The molecule has 25 heavy (non-hydrogen) atoms. The summed E-state index contributed by atoms with van der Waals surface area (Å²) in [7, 11) is 0. The van der Waals surface area contributed by atoms with Gasteiger partial charge in [-0.15, -0.1) is 0 Å². The van der Waals surface area contributed by atoms with Crippen LogP contribution < -0.4 is 16.1 Å². The lowest BCUT2D eigenvalue weighted by molar-refractivity contribution is -0.124. The molecule has 1 heterocycles. The largest absolute Gasteiger partial charge is 0.351 e. The van der Waals surface area contributed by atoms with Crippen molar-refractivity contribution in [2.45, 2.75) is 38.1 Å². The average molecular weight is 339 g/mol. The van der Waals surface area contributed by atoms with Crippen molar-refractivity contribution >= 4 is 5.91 Å². The van der Waals surface area contributed by atoms with Crippen molar-refractivity contribution in [3.8, 4) is 0 Å². The molecule has 1 fully saturated rings. The molecule has 3 N–H and O–H groups in total. The highest BCUT2D eigenvalue weighted by molar-refractivity contribution is 5.81. The van der Waals surface area contributed by atoms with Gasteiger partial charge in [0.2, 0.25) is 5.91 Å². The van der Waals surface area contributed by atoms with Crippen molar-refractivity contribution in [2.75, 3.05) is 6.54 Å². The van der Waals surface area contributed by atoms with Crippen molar-refractivity contribution in [1.82, 2.24) is 16.1 Å². The van der Waals surface area contributed by atoms with Crippen LogP contribution in [-0.2, 0) is 22.8 Å². The van der Waals surface area contributed by atoms with Gasteiger partial charge in [-0.3, -0.25) is 9.63 Å². The van der Waals surface area contributed by atoms with Crippen LogP contribution in [0.25, 0.3) is 0 Å². The van der Waals surface area contributed by atoms with E-state index in [2.05, 4.69) is 16.1 Å². The number of carbonyl (C=O) groups is 1. The molecule has 1 unspecified atom stereocenters. The number of hydroxylamine groups is 1. The van der Waals surface area contributed by atoms with E-state index in [0.717, 1.165) is 30.5 Å². The summed E-state index contributed by atoms with van der Waals surface area (Å²) >= 11 is 0. The number of hydrogen-bond donors (Lipinski definition) is 3. The van der Waals surface area contributed by atoms with Crippen LogP contribution >= 0.6 is 0 Å². The van der Waals surface area contributed by atoms with Gasteiger partial charge < -0.3 is 10.6 Å². The van der Waals surface area contributed by atoms with Crippen LogP contribution in [0.2, 0.25) is 0 Å². The fourth-order valence-electron chi connectivity index (χ4n) is 2.91. The van der Waals surface area contributed by atoms with Gasteiger partial charge in [0.05, 0.1) is 12.6 Å². The number of benzene rings is 2. The summed E-state index contributed by atoms with van der Waals surface area (Å²) in [6.45, 7) is 1.83. The molecule has 5 heteroatoms. The molecule has 3 rings (SSSR count). The maximum atomic E-state index is 12.3. The normalized spacial score (nSPS) is 20.2. The molecule has 1 amide bonds. The van der Waals surface area contributed by atoms with E-state index in [-0.39, 0.29) is 18.0 Å². The van der Waals surface area contributed by atoms with Gasteiger partial charge in [0, 0.05) is 19.1 Å². The Morgan fingerprint density at radius 1 is 1.00 bits per heavy atom. The Bertz CT molecular complexity index is 641.